The van der Waals surface area contributed by atoms with Gasteiger partial charge in [-0.05, 0) is 10.4 Å². The van der Waals surface area contributed by atoms with E-state index >= 15 is 0 Å². The van der Waals surface area contributed by atoms with Crippen molar-refractivity contribution < 1.29 is 5.03 Å². The molecule has 3 aromatic rings. The van der Waals surface area contributed by atoms with Crippen molar-refractivity contribution in [1.29, 1.82) is 0 Å². The number of H-pyrrole nitrogens is 2. The fourth-order valence-electron chi connectivity index (χ4n) is 1.19. The van der Waals surface area contributed by atoms with Gasteiger partial charge in [-0.3, -0.25) is 0 Å². The summed E-state index contributed by atoms with van der Waals surface area (Å²) >= 11 is 0. The highest BCUT2D eigenvalue weighted by Crippen LogP contribution is 2.24. The lowest BCUT2D eigenvalue weighted by Gasteiger charge is -2.10. The predicted octanol–water partition coefficient (Wildman–Crippen LogP) is -2.79. The quantitative estimate of drug-likeness (QED) is 0.363. The third-order valence-electron chi connectivity index (χ3n) is 1.86. The lowest BCUT2D eigenvalue weighted by atomic mass is 10.7. The van der Waals surface area contributed by atoms with E-state index in [2.05, 4.69) is 56.8 Å². The molecule has 0 aliphatic carbocycles. The van der Waals surface area contributed by atoms with Gasteiger partial charge >= 0.3 is 5.95 Å². The summed E-state index contributed by atoms with van der Waals surface area (Å²) in [6.45, 7) is 0. The number of rotatable bonds is 4. The second kappa shape index (κ2) is 4.01. The largest absolute Gasteiger partial charge is 0.339 e. The summed E-state index contributed by atoms with van der Waals surface area (Å²) in [6, 6.07) is 0. The maximum Gasteiger partial charge on any atom is 0.331 e. The van der Waals surface area contributed by atoms with E-state index in [1.54, 1.807) is 0 Å². The lowest BCUT2D eigenvalue weighted by molar-refractivity contribution is -0.551. The van der Waals surface area contributed by atoms with Crippen LogP contribution in [0.25, 0.3) is 0 Å². The Balaban J connectivity index is 2.15. The molecule has 0 unspecified atom stereocenters. The van der Waals surface area contributed by atoms with Crippen molar-refractivity contribution in [2.75, 3.05) is 4.90 Å². The molecule has 16 nitrogen and oxygen atoms in total. The highest BCUT2D eigenvalue weighted by molar-refractivity contribution is 5.59. The minimum atomic E-state index is -0.845. The molecule has 0 bridgehead atoms. The van der Waals surface area contributed by atoms with Crippen molar-refractivity contribution in [3.8, 4) is 0 Å². The molecule has 0 aromatic carbocycles. The number of nitrogens with zero attached hydrogens (tertiary/aromatic N) is 12. The molecule has 0 fully saturated rings. The minimum Gasteiger partial charge on any atom is -0.339 e. The van der Waals surface area contributed by atoms with Gasteiger partial charge in [0.2, 0.25) is 5.21 Å². The third-order valence-corrected chi connectivity index (χ3v) is 1.86. The number of nitro groups is 1. The van der Waals surface area contributed by atoms with Crippen LogP contribution in [-0.4, -0.2) is 66.6 Å². The minimum absolute atomic E-state index is 0.0979. The van der Waals surface area contributed by atoms with E-state index in [1.807, 2.05) is 0 Å². The Bertz CT molecular complexity index is 631. The molecule has 3 heterocycles. The average molecular weight is 266 g/mol. The first kappa shape index (κ1) is 10.6. The molecular weight excluding hydrogens is 264 g/mol. The molecule has 0 amide bonds. The number of nitrogens with one attached hydrogen (secondary N) is 2. The molecule has 2 N–H and O–H groups in total. The highest BCUT2D eigenvalue weighted by Gasteiger charge is 2.30. The fraction of sp³-hybridized carbons (Fsp3) is 0. The predicted molar refractivity (Wildman–Crippen MR) is 50.4 cm³/mol. The van der Waals surface area contributed by atoms with Crippen LogP contribution >= 0.6 is 0 Å². The molecule has 3 rings (SSSR count). The molecule has 0 atom stereocenters. The van der Waals surface area contributed by atoms with Crippen LogP contribution in [0.15, 0.2) is 0 Å². The Morgan fingerprint density at radius 1 is 1.11 bits per heavy atom. The van der Waals surface area contributed by atoms with Gasteiger partial charge < -0.3 is 10.1 Å². The van der Waals surface area contributed by atoms with E-state index in [9.17, 15) is 10.1 Å². The van der Waals surface area contributed by atoms with E-state index in [4.69, 9.17) is 0 Å². The first-order valence-corrected chi connectivity index (χ1v) is 4.47. The highest BCUT2D eigenvalue weighted by atomic mass is 16.7. The Labute approximate surface area is 100 Å². The van der Waals surface area contributed by atoms with Crippen molar-refractivity contribution in [1.82, 2.24) is 61.6 Å². The number of anilines is 3. The summed E-state index contributed by atoms with van der Waals surface area (Å²) in [5.41, 5.74) is 0. The van der Waals surface area contributed by atoms with E-state index in [-0.39, 0.29) is 17.8 Å². The van der Waals surface area contributed by atoms with Crippen LogP contribution in [0.2, 0.25) is 0 Å². The van der Waals surface area contributed by atoms with Crippen LogP contribution in [0.1, 0.15) is 0 Å². The maximum atomic E-state index is 10.8. The number of hydrogen-bond acceptors (Lipinski definition) is 12. The second-order valence-corrected chi connectivity index (χ2v) is 2.87. The number of aromatic amines is 2. The Morgan fingerprint density at radius 3 is 2.21 bits per heavy atom. The van der Waals surface area contributed by atoms with Gasteiger partial charge in [0.15, 0.2) is 0 Å². The number of tetrazole rings is 3. The second-order valence-electron chi connectivity index (χ2n) is 2.87. The van der Waals surface area contributed by atoms with Gasteiger partial charge in [-0.25, -0.2) is 4.90 Å². The number of hydrogen-bond donors (Lipinski definition) is 2. The molecule has 0 spiro atoms. The van der Waals surface area contributed by atoms with E-state index in [0.29, 0.717) is 4.79 Å². The maximum absolute atomic E-state index is 10.8. The van der Waals surface area contributed by atoms with Crippen molar-refractivity contribution in [2.24, 2.45) is 0 Å². The molecule has 0 saturated heterocycles. The standard InChI is InChI=1S/C3H2N14O2/c18-17(19)16-3(8-13-14-16)15(1-4-9-10-5-1)2-6-11-12-7-2/h(H,4,5,9,10)(H,6,7,11,12). The van der Waals surface area contributed by atoms with Gasteiger partial charge in [-0.15, -0.1) is 10.2 Å². The van der Waals surface area contributed by atoms with Crippen LogP contribution in [0.4, 0.5) is 17.8 Å². The van der Waals surface area contributed by atoms with Gasteiger partial charge in [0.05, 0.1) is 9.82 Å². The zero-order valence-corrected chi connectivity index (χ0v) is 8.68. The van der Waals surface area contributed by atoms with Crippen LogP contribution in [0.5, 0.6) is 0 Å². The molecule has 3 aromatic heterocycles. The Hall–Kier alpha value is -3.59. The molecule has 96 valence electrons. The summed E-state index contributed by atoms with van der Waals surface area (Å²) in [5, 5.41) is 45.5. The van der Waals surface area contributed by atoms with Gasteiger partial charge in [0, 0.05) is 0 Å². The topological polar surface area (TPSA) is 199 Å². The van der Waals surface area contributed by atoms with Crippen molar-refractivity contribution in [3.05, 3.63) is 10.1 Å². The summed E-state index contributed by atoms with van der Waals surface area (Å²) < 4.78 is 0. The lowest BCUT2D eigenvalue weighted by Crippen LogP contribution is -2.22. The third kappa shape index (κ3) is 1.67. The monoisotopic (exact) mass is 266 g/mol. The zero-order chi connectivity index (χ0) is 13.2. The summed E-state index contributed by atoms with van der Waals surface area (Å²) in [4.78, 5) is 12.1. The van der Waals surface area contributed by atoms with Crippen LogP contribution in [0, 0.1) is 10.1 Å². The van der Waals surface area contributed by atoms with E-state index in [1.165, 1.54) is 0 Å². The normalized spacial score (nSPS) is 10.5. The van der Waals surface area contributed by atoms with Crippen LogP contribution < -0.4 is 4.90 Å². The van der Waals surface area contributed by atoms with Gasteiger partial charge in [-0.2, -0.15) is 10.4 Å². The molecule has 19 heavy (non-hydrogen) atoms. The molecule has 0 saturated carbocycles. The fourth-order valence-corrected chi connectivity index (χ4v) is 1.19. The average Bonchev–Trinajstić information content (AvgIpc) is 3.12. The Morgan fingerprint density at radius 2 is 1.74 bits per heavy atom. The summed E-state index contributed by atoms with van der Waals surface area (Å²) in [7, 11) is 0. The van der Waals surface area contributed by atoms with Crippen molar-refractivity contribution in [2.45, 2.75) is 0 Å². The summed E-state index contributed by atoms with van der Waals surface area (Å²) in [5.74, 6) is -0.536. The van der Waals surface area contributed by atoms with Gasteiger partial charge in [0.25, 0.3) is 11.9 Å². The van der Waals surface area contributed by atoms with Crippen LogP contribution in [0.3, 0.4) is 0 Å². The van der Waals surface area contributed by atoms with E-state index in [0.717, 1.165) is 4.90 Å². The smallest absolute Gasteiger partial charge is 0.331 e. The molecular formula is C3H2N14O2. The first-order valence-electron chi connectivity index (χ1n) is 4.47. The molecule has 0 aliphatic rings. The summed E-state index contributed by atoms with van der Waals surface area (Å²) in [6.07, 6.45) is 0. The molecule has 0 radical (unpaired) electrons. The first-order chi connectivity index (χ1) is 9.27. The molecule has 16 heteroatoms. The molecule has 0 aliphatic heterocycles. The van der Waals surface area contributed by atoms with E-state index < -0.39 is 5.03 Å². The van der Waals surface area contributed by atoms with Crippen LogP contribution in [-0.2, 0) is 0 Å². The Kier molecular flexibility index (Phi) is 2.23. The van der Waals surface area contributed by atoms with Gasteiger partial charge in [0.1, 0.15) is 5.21 Å². The number of aromatic nitrogens is 12. The SMILES string of the molecule is O=[N+]([O-])n1nnnc1N(c1nn[nH]n1)c1nn[nH]n1. The zero-order valence-electron chi connectivity index (χ0n) is 8.68. The van der Waals surface area contributed by atoms with Gasteiger partial charge in [-0.1, -0.05) is 15.3 Å². The van der Waals surface area contributed by atoms with Crippen molar-refractivity contribution in [3.63, 3.8) is 0 Å². The van der Waals surface area contributed by atoms with Crippen molar-refractivity contribution >= 4 is 17.8 Å².